The van der Waals surface area contributed by atoms with E-state index in [0.717, 1.165) is 10.4 Å². The summed E-state index contributed by atoms with van der Waals surface area (Å²) >= 11 is 0. The number of rotatable bonds is 3. The molecule has 0 aliphatic carbocycles. The highest BCUT2D eigenvalue weighted by Crippen LogP contribution is 2.45. The van der Waals surface area contributed by atoms with E-state index >= 15 is 0 Å². The first kappa shape index (κ1) is 22.3. The Morgan fingerprint density at radius 1 is 0.474 bits per heavy atom. The highest BCUT2D eigenvalue weighted by molar-refractivity contribution is 6.24. The molecule has 0 fully saturated rings. The van der Waals surface area contributed by atoms with Crippen LogP contribution < -0.4 is 10.4 Å². The molecule has 38 heavy (non-hydrogen) atoms. The second-order valence-electron chi connectivity index (χ2n) is 9.85. The highest BCUT2D eigenvalue weighted by atomic mass is 14.2. The fourth-order valence-corrected chi connectivity index (χ4v) is 6.04. The molecule has 0 radical (unpaired) electrons. The number of hydrogen-bond donors (Lipinski definition) is 0. The molecule has 0 unspecified atom stereocenters. The van der Waals surface area contributed by atoms with Crippen molar-refractivity contribution in [3.63, 3.8) is 0 Å². The summed E-state index contributed by atoms with van der Waals surface area (Å²) in [5, 5.41) is 12.1. The van der Waals surface area contributed by atoms with E-state index in [1.165, 1.54) is 65.3 Å². The lowest BCUT2D eigenvalue weighted by Crippen LogP contribution is -2.22. The van der Waals surface area contributed by atoms with E-state index in [1.807, 2.05) is 12.2 Å². The Bertz CT molecular complexity index is 2090. The van der Waals surface area contributed by atoms with E-state index in [0.29, 0.717) is 0 Å². The summed E-state index contributed by atoms with van der Waals surface area (Å²) in [6.45, 7) is 8.15. The average molecular weight is 483 g/mol. The molecule has 0 atom stereocenters. The summed E-state index contributed by atoms with van der Waals surface area (Å²) in [7, 11) is 0. The molecule has 0 heteroatoms. The van der Waals surface area contributed by atoms with Gasteiger partial charge in [-0.2, -0.15) is 0 Å². The quantitative estimate of drug-likeness (QED) is 0.174. The Kier molecular flexibility index (Phi) is 5.20. The van der Waals surface area contributed by atoms with Crippen LogP contribution in [-0.2, 0) is 0 Å². The maximum absolute atomic E-state index is 4.26. The molecule has 0 amide bonds. The minimum atomic E-state index is 1.02. The maximum atomic E-state index is 4.26. The van der Waals surface area contributed by atoms with Crippen molar-refractivity contribution in [2.75, 3.05) is 0 Å². The molecule has 0 spiro atoms. The van der Waals surface area contributed by atoms with E-state index in [2.05, 4.69) is 134 Å². The monoisotopic (exact) mass is 482 g/mol. The van der Waals surface area contributed by atoms with Gasteiger partial charge in [0.25, 0.3) is 0 Å². The molecule has 0 N–H and O–H groups in total. The third-order valence-electron chi connectivity index (χ3n) is 7.70. The molecule has 0 nitrogen and oxygen atoms in total. The Hall–Kier alpha value is -4.94. The summed E-state index contributed by atoms with van der Waals surface area (Å²) in [4.78, 5) is 0. The van der Waals surface area contributed by atoms with Crippen molar-refractivity contribution in [1.29, 1.82) is 0 Å². The van der Waals surface area contributed by atoms with Gasteiger partial charge in [0.15, 0.2) is 0 Å². The predicted octanol–water partition coefficient (Wildman–Crippen LogP) is 9.01. The van der Waals surface area contributed by atoms with Crippen LogP contribution in [0.3, 0.4) is 0 Å². The molecule has 0 saturated carbocycles. The first-order chi connectivity index (χ1) is 18.7. The van der Waals surface area contributed by atoms with Gasteiger partial charge in [-0.05, 0) is 87.9 Å². The van der Waals surface area contributed by atoms with Crippen molar-refractivity contribution in [1.82, 2.24) is 0 Å². The van der Waals surface area contributed by atoms with Crippen LogP contribution in [0.1, 0.15) is 0 Å². The van der Waals surface area contributed by atoms with Gasteiger partial charge in [0.2, 0.25) is 0 Å². The fraction of sp³-hybridized carbons (Fsp3) is 0. The summed E-state index contributed by atoms with van der Waals surface area (Å²) in [6.07, 6.45) is 3.87. The van der Waals surface area contributed by atoms with Crippen LogP contribution in [-0.4, -0.2) is 0 Å². The zero-order chi connectivity index (χ0) is 25.6. The minimum Gasteiger partial charge on any atom is -0.0990 e. The lowest BCUT2D eigenvalue weighted by atomic mass is 9.84. The summed E-state index contributed by atoms with van der Waals surface area (Å²) in [5.74, 6) is 0. The number of hydrogen-bond acceptors (Lipinski definition) is 0. The average Bonchev–Trinajstić information content (AvgIpc) is 2.96. The molecule has 0 bridgehead atoms. The van der Waals surface area contributed by atoms with E-state index < -0.39 is 0 Å². The van der Waals surface area contributed by atoms with Crippen LogP contribution in [0, 0.1) is 0 Å². The van der Waals surface area contributed by atoms with Crippen LogP contribution in [0.15, 0.2) is 134 Å². The first-order valence-corrected chi connectivity index (χ1v) is 13.0. The van der Waals surface area contributed by atoms with Crippen molar-refractivity contribution >= 4 is 55.7 Å². The van der Waals surface area contributed by atoms with Gasteiger partial charge in [-0.3, -0.25) is 0 Å². The minimum absolute atomic E-state index is 1.02. The molecule has 178 valence electrons. The topological polar surface area (TPSA) is 0 Å². The second-order valence-corrected chi connectivity index (χ2v) is 9.85. The Balaban J connectivity index is 1.65. The van der Waals surface area contributed by atoms with Crippen molar-refractivity contribution in [3.05, 3.63) is 144 Å². The van der Waals surface area contributed by atoms with Crippen LogP contribution >= 0.6 is 0 Å². The molecule has 7 rings (SSSR count). The van der Waals surface area contributed by atoms with Gasteiger partial charge in [-0.25, -0.2) is 0 Å². The van der Waals surface area contributed by atoms with Gasteiger partial charge < -0.3 is 0 Å². The number of benzene rings is 7. The molecule has 0 aliphatic heterocycles. The van der Waals surface area contributed by atoms with Gasteiger partial charge in [0.1, 0.15) is 0 Å². The Morgan fingerprint density at radius 2 is 1.08 bits per heavy atom. The van der Waals surface area contributed by atoms with E-state index in [-0.39, 0.29) is 0 Å². The van der Waals surface area contributed by atoms with Gasteiger partial charge in [-0.15, -0.1) is 0 Å². The van der Waals surface area contributed by atoms with Gasteiger partial charge >= 0.3 is 0 Å². The Morgan fingerprint density at radius 3 is 1.74 bits per heavy atom. The van der Waals surface area contributed by atoms with Crippen molar-refractivity contribution < 1.29 is 0 Å². The molecule has 0 aliphatic rings. The van der Waals surface area contributed by atoms with Gasteiger partial charge in [0.05, 0.1) is 0 Å². The second kappa shape index (κ2) is 8.87. The number of allylic oxidation sites excluding steroid dienone is 1. The SMILES string of the molecule is C=C/C=c1/cc2c(ccc3c(-c4c5ccccc5c(-c5ccccc5)c5ccccc45)cccc32)cc1=C. The standard InChI is InChI=1S/C38H26/c1-3-12-27-24-36-28(23-25(27)2)21-22-30-29(36)19-11-20-31(30)38-34-17-9-7-15-32(34)37(26-13-5-4-6-14-26)33-16-8-10-18-35(33)38/h3-24H,1-2H2/b27-12-. The van der Waals surface area contributed by atoms with Gasteiger partial charge in [-0.1, -0.05) is 135 Å². The Labute approximate surface area is 222 Å². The zero-order valence-electron chi connectivity index (χ0n) is 21.1. The normalized spacial score (nSPS) is 12.1. The van der Waals surface area contributed by atoms with Crippen molar-refractivity contribution in [2.24, 2.45) is 0 Å². The summed E-state index contributed by atoms with van der Waals surface area (Å²) in [5.41, 5.74) is 5.07. The van der Waals surface area contributed by atoms with Crippen LogP contribution in [0.5, 0.6) is 0 Å². The van der Waals surface area contributed by atoms with Crippen LogP contribution in [0.4, 0.5) is 0 Å². The molecule has 7 aromatic rings. The smallest absolute Gasteiger partial charge is 0.00201 e. The van der Waals surface area contributed by atoms with E-state index in [1.54, 1.807) is 0 Å². The maximum Gasteiger partial charge on any atom is -0.00201 e. The van der Waals surface area contributed by atoms with Crippen LogP contribution in [0.25, 0.3) is 78.0 Å². The number of fused-ring (bicyclic) bond motifs is 5. The molecular formula is C38H26. The summed E-state index contributed by atoms with van der Waals surface area (Å²) in [6, 6.07) is 44.1. The van der Waals surface area contributed by atoms with Gasteiger partial charge in [0, 0.05) is 0 Å². The fourth-order valence-electron chi connectivity index (χ4n) is 6.04. The van der Waals surface area contributed by atoms with Crippen molar-refractivity contribution in [3.8, 4) is 22.3 Å². The summed E-state index contributed by atoms with van der Waals surface area (Å²) < 4.78 is 0. The molecule has 7 aromatic carbocycles. The molecule has 0 saturated heterocycles. The molecular weight excluding hydrogens is 456 g/mol. The zero-order valence-corrected chi connectivity index (χ0v) is 21.1. The predicted molar refractivity (Wildman–Crippen MR) is 167 cm³/mol. The molecule has 0 heterocycles. The lowest BCUT2D eigenvalue weighted by Gasteiger charge is -2.19. The van der Waals surface area contributed by atoms with E-state index in [9.17, 15) is 0 Å². The third kappa shape index (κ3) is 3.38. The lowest BCUT2D eigenvalue weighted by molar-refractivity contribution is 1.59. The van der Waals surface area contributed by atoms with E-state index in [4.69, 9.17) is 0 Å². The third-order valence-corrected chi connectivity index (χ3v) is 7.70. The molecule has 0 aromatic heterocycles. The van der Waals surface area contributed by atoms with Crippen LogP contribution in [0.2, 0.25) is 0 Å². The van der Waals surface area contributed by atoms with Crippen molar-refractivity contribution in [2.45, 2.75) is 0 Å². The largest absolute Gasteiger partial charge is 0.0990 e. The first-order valence-electron chi connectivity index (χ1n) is 13.0. The highest BCUT2D eigenvalue weighted by Gasteiger charge is 2.18.